The Bertz CT molecular complexity index is 771. The van der Waals surface area contributed by atoms with Gasteiger partial charge in [0.25, 0.3) is 0 Å². The molecular formula is C22H32Cl2N4O3. The number of ether oxygens (including phenoxy) is 1. The Kier molecular flexibility index (Phi) is 8.84. The van der Waals surface area contributed by atoms with Crippen LogP contribution in [0.25, 0.3) is 0 Å². The number of carbonyl (C=O) groups excluding carboxylic acids is 2. The summed E-state index contributed by atoms with van der Waals surface area (Å²) >= 11 is 12.2. The molecule has 31 heavy (non-hydrogen) atoms. The number of piperidine rings is 1. The molecule has 9 heteroatoms. The van der Waals surface area contributed by atoms with E-state index in [1.165, 1.54) is 0 Å². The molecular weight excluding hydrogens is 439 g/mol. The lowest BCUT2D eigenvalue weighted by Gasteiger charge is -2.42. The van der Waals surface area contributed by atoms with E-state index in [0.29, 0.717) is 48.6 Å². The summed E-state index contributed by atoms with van der Waals surface area (Å²) in [7, 11) is 1.69. The summed E-state index contributed by atoms with van der Waals surface area (Å²) in [6.45, 7) is 4.98. The Morgan fingerprint density at radius 1 is 1.13 bits per heavy atom. The molecule has 2 aliphatic rings. The molecule has 0 aromatic heterocycles. The van der Waals surface area contributed by atoms with E-state index in [1.807, 2.05) is 23.1 Å². The molecule has 172 valence electrons. The highest BCUT2D eigenvalue weighted by Crippen LogP contribution is 2.26. The van der Waals surface area contributed by atoms with E-state index in [2.05, 4.69) is 4.90 Å². The zero-order chi connectivity index (χ0) is 22.4. The summed E-state index contributed by atoms with van der Waals surface area (Å²) in [5.41, 5.74) is 6.47. The molecule has 0 radical (unpaired) electrons. The number of piperazine rings is 1. The number of nitrogens with zero attached hydrogens (tertiary/aromatic N) is 3. The lowest BCUT2D eigenvalue weighted by molar-refractivity contribution is -0.138. The van der Waals surface area contributed by atoms with Crippen LogP contribution >= 0.6 is 23.2 Å². The largest absolute Gasteiger partial charge is 0.385 e. The molecule has 2 aliphatic heterocycles. The number of rotatable bonds is 7. The maximum atomic E-state index is 13.1. The number of hydrogen-bond donors (Lipinski definition) is 1. The Labute approximate surface area is 194 Å². The smallest absolute Gasteiger partial charge is 0.314 e. The summed E-state index contributed by atoms with van der Waals surface area (Å²) < 4.78 is 5.30. The van der Waals surface area contributed by atoms with Crippen molar-refractivity contribution in [3.8, 4) is 0 Å². The standard InChI is InChI=1S/C22H32Cl2N4O3/c1-31-11-6-18-15-26(14-17-2-3-19(23)20(24)12-17)9-10-28(18)21(29)13-16-4-7-27(8-5-16)22(25)30/h2-3,12,16,18H,4-11,13-15H2,1H3,(H2,25,30)/t18-/m0/s1. The molecule has 0 aliphatic carbocycles. The van der Waals surface area contributed by atoms with Crippen molar-refractivity contribution in [1.29, 1.82) is 0 Å². The molecule has 0 spiro atoms. The Morgan fingerprint density at radius 2 is 1.87 bits per heavy atom. The van der Waals surface area contributed by atoms with Crippen LogP contribution < -0.4 is 5.73 Å². The van der Waals surface area contributed by atoms with Gasteiger partial charge in [0.15, 0.2) is 0 Å². The maximum absolute atomic E-state index is 13.1. The van der Waals surface area contributed by atoms with E-state index in [-0.39, 0.29) is 18.0 Å². The Morgan fingerprint density at radius 3 is 2.52 bits per heavy atom. The van der Waals surface area contributed by atoms with Crippen LogP contribution in [0.1, 0.15) is 31.2 Å². The second-order valence-electron chi connectivity index (χ2n) is 8.48. The highest BCUT2D eigenvalue weighted by atomic mass is 35.5. The van der Waals surface area contributed by atoms with E-state index in [9.17, 15) is 9.59 Å². The molecule has 2 N–H and O–H groups in total. The van der Waals surface area contributed by atoms with Gasteiger partial charge in [-0.05, 0) is 42.9 Å². The molecule has 3 rings (SSSR count). The van der Waals surface area contributed by atoms with Gasteiger partial charge in [-0.15, -0.1) is 0 Å². The molecule has 0 bridgehead atoms. The van der Waals surface area contributed by atoms with Crippen LogP contribution in [0.15, 0.2) is 18.2 Å². The topological polar surface area (TPSA) is 79.1 Å². The third-order valence-electron chi connectivity index (χ3n) is 6.32. The van der Waals surface area contributed by atoms with Gasteiger partial charge in [0.2, 0.25) is 5.91 Å². The van der Waals surface area contributed by atoms with Crippen molar-refractivity contribution < 1.29 is 14.3 Å². The van der Waals surface area contributed by atoms with Crippen molar-refractivity contribution in [1.82, 2.24) is 14.7 Å². The number of urea groups is 1. The Hall–Kier alpha value is -1.54. The van der Waals surface area contributed by atoms with Crippen molar-refractivity contribution in [2.75, 3.05) is 46.4 Å². The van der Waals surface area contributed by atoms with E-state index >= 15 is 0 Å². The first-order valence-electron chi connectivity index (χ1n) is 10.9. The van der Waals surface area contributed by atoms with Crippen LogP contribution in [0, 0.1) is 5.92 Å². The average molecular weight is 471 g/mol. The summed E-state index contributed by atoms with van der Waals surface area (Å²) in [6, 6.07) is 5.47. The van der Waals surface area contributed by atoms with Gasteiger partial charge in [0.05, 0.1) is 10.0 Å². The lowest BCUT2D eigenvalue weighted by atomic mass is 9.92. The normalized spacial score (nSPS) is 20.8. The lowest BCUT2D eigenvalue weighted by Crippen LogP contribution is -2.55. The van der Waals surface area contributed by atoms with Crippen molar-refractivity contribution >= 4 is 35.1 Å². The van der Waals surface area contributed by atoms with Gasteiger partial charge in [-0.1, -0.05) is 29.3 Å². The minimum Gasteiger partial charge on any atom is -0.385 e. The maximum Gasteiger partial charge on any atom is 0.314 e. The second kappa shape index (κ2) is 11.4. The molecule has 3 amide bonds. The molecule has 1 atom stereocenters. The van der Waals surface area contributed by atoms with Gasteiger partial charge < -0.3 is 20.3 Å². The number of likely N-dealkylation sites (tertiary alicyclic amines) is 1. The Balaban J connectivity index is 1.56. The first-order valence-corrected chi connectivity index (χ1v) is 11.6. The van der Waals surface area contributed by atoms with Crippen LogP contribution in [0.2, 0.25) is 10.0 Å². The molecule has 2 saturated heterocycles. The third kappa shape index (κ3) is 6.72. The number of halogens is 2. The minimum absolute atomic E-state index is 0.120. The van der Waals surface area contributed by atoms with Crippen LogP contribution in [0.5, 0.6) is 0 Å². The van der Waals surface area contributed by atoms with E-state index < -0.39 is 0 Å². The van der Waals surface area contributed by atoms with Crippen LogP contribution in [0.3, 0.4) is 0 Å². The fourth-order valence-corrected chi connectivity index (χ4v) is 4.83. The quantitative estimate of drug-likeness (QED) is 0.663. The number of methoxy groups -OCH3 is 1. The zero-order valence-corrected chi connectivity index (χ0v) is 19.6. The van der Waals surface area contributed by atoms with Gasteiger partial charge in [0, 0.05) is 65.4 Å². The van der Waals surface area contributed by atoms with Crippen molar-refractivity contribution in [2.24, 2.45) is 11.7 Å². The molecule has 0 saturated carbocycles. The number of benzene rings is 1. The SMILES string of the molecule is COCC[C@H]1CN(Cc2ccc(Cl)c(Cl)c2)CCN1C(=O)CC1CCN(C(N)=O)CC1. The van der Waals surface area contributed by atoms with E-state index in [4.69, 9.17) is 33.7 Å². The first-order chi connectivity index (χ1) is 14.9. The minimum atomic E-state index is -0.373. The molecule has 1 aromatic rings. The fraction of sp³-hybridized carbons (Fsp3) is 0.636. The zero-order valence-electron chi connectivity index (χ0n) is 18.1. The third-order valence-corrected chi connectivity index (χ3v) is 7.06. The van der Waals surface area contributed by atoms with Crippen LogP contribution in [0.4, 0.5) is 4.79 Å². The monoisotopic (exact) mass is 470 g/mol. The van der Waals surface area contributed by atoms with Crippen LogP contribution in [-0.2, 0) is 16.1 Å². The number of carbonyl (C=O) groups is 2. The highest BCUT2D eigenvalue weighted by molar-refractivity contribution is 6.42. The van der Waals surface area contributed by atoms with Crippen molar-refractivity contribution in [3.63, 3.8) is 0 Å². The molecule has 2 fully saturated rings. The number of amides is 3. The number of primary amides is 1. The molecule has 2 heterocycles. The molecule has 1 aromatic carbocycles. The van der Waals surface area contributed by atoms with Gasteiger partial charge in [-0.3, -0.25) is 9.69 Å². The van der Waals surface area contributed by atoms with Gasteiger partial charge >= 0.3 is 6.03 Å². The number of hydrogen-bond acceptors (Lipinski definition) is 4. The average Bonchev–Trinajstić information content (AvgIpc) is 2.75. The van der Waals surface area contributed by atoms with Crippen molar-refractivity contribution in [3.05, 3.63) is 33.8 Å². The van der Waals surface area contributed by atoms with Gasteiger partial charge in [-0.25, -0.2) is 4.79 Å². The fourth-order valence-electron chi connectivity index (χ4n) is 4.51. The summed E-state index contributed by atoms with van der Waals surface area (Å²) in [4.78, 5) is 30.5. The summed E-state index contributed by atoms with van der Waals surface area (Å²) in [6.07, 6.45) is 2.99. The van der Waals surface area contributed by atoms with Gasteiger partial charge in [0.1, 0.15) is 0 Å². The van der Waals surface area contributed by atoms with E-state index in [1.54, 1.807) is 12.0 Å². The predicted octanol–water partition coefficient (Wildman–Crippen LogP) is 3.22. The second-order valence-corrected chi connectivity index (χ2v) is 9.29. The first kappa shape index (κ1) is 24.1. The van der Waals surface area contributed by atoms with Gasteiger partial charge in [-0.2, -0.15) is 0 Å². The highest BCUT2D eigenvalue weighted by Gasteiger charge is 2.32. The van der Waals surface area contributed by atoms with Crippen molar-refractivity contribution in [2.45, 2.75) is 38.3 Å². The molecule has 0 unspecified atom stereocenters. The number of nitrogens with two attached hydrogens (primary N) is 1. The summed E-state index contributed by atoms with van der Waals surface area (Å²) in [5.74, 6) is 0.508. The van der Waals surface area contributed by atoms with Crippen LogP contribution in [-0.4, -0.2) is 79.1 Å². The van der Waals surface area contributed by atoms with E-state index in [0.717, 1.165) is 44.5 Å². The molecule has 7 nitrogen and oxygen atoms in total. The predicted molar refractivity (Wildman–Crippen MR) is 122 cm³/mol. The summed E-state index contributed by atoms with van der Waals surface area (Å²) in [5, 5.41) is 1.12.